The van der Waals surface area contributed by atoms with Crippen LogP contribution in [0, 0.1) is 17.5 Å². The van der Waals surface area contributed by atoms with Crippen LogP contribution >= 0.6 is 0 Å². The summed E-state index contributed by atoms with van der Waals surface area (Å²) in [5, 5.41) is -1.85. The number of amidine groups is 1. The van der Waals surface area contributed by atoms with Crippen LogP contribution in [-0.2, 0) is 77.7 Å². The maximum Gasteiger partial charge on any atom is 0.387 e. The maximum absolute atomic E-state index is 15.6. The summed E-state index contributed by atoms with van der Waals surface area (Å²) in [6.07, 6.45) is 4.71. The normalized spacial score (nSPS) is 27.5. The summed E-state index contributed by atoms with van der Waals surface area (Å²) in [7, 11) is -8.87. The number of nitrogens with zero attached hydrogens (tertiary/aromatic N) is 11. The first kappa shape index (κ1) is 82.7. The Morgan fingerprint density at radius 2 is 0.813 bits per heavy atom. The molecule has 582 valence electrons. The zero-order valence-corrected chi connectivity index (χ0v) is 64.9. The van der Waals surface area contributed by atoms with Crippen molar-refractivity contribution in [1.29, 1.82) is 0 Å². The number of esters is 2. The lowest BCUT2D eigenvalue weighted by atomic mass is 9.87. The predicted molar refractivity (Wildman–Crippen MR) is 392 cm³/mol. The summed E-state index contributed by atoms with van der Waals surface area (Å²) < 4.78 is 168. The van der Waals surface area contributed by atoms with E-state index in [4.69, 9.17) is 30.9 Å². The quantitative estimate of drug-likeness (QED) is 0.0496. The molecule has 9 atom stereocenters. The Bertz CT molecular complexity index is 4790. The van der Waals surface area contributed by atoms with Crippen molar-refractivity contribution < 1.29 is 81.5 Å². The molecule has 0 aromatic carbocycles. The van der Waals surface area contributed by atoms with Gasteiger partial charge in [-0.2, -0.15) is 17.6 Å². The fourth-order valence-corrected chi connectivity index (χ4v) is 24.1. The second-order valence-corrected chi connectivity index (χ2v) is 39.8. The van der Waals surface area contributed by atoms with Crippen molar-refractivity contribution in [3.8, 4) is 11.5 Å². The van der Waals surface area contributed by atoms with E-state index in [-0.39, 0.29) is 94.4 Å². The highest BCUT2D eigenvalue weighted by atomic mass is 32.2. The first-order valence-electron chi connectivity index (χ1n) is 34.8. The van der Waals surface area contributed by atoms with Crippen molar-refractivity contribution in [2.75, 3.05) is 25.4 Å². The minimum absolute atomic E-state index is 0.0123. The second-order valence-electron chi connectivity index (χ2n) is 30.8. The number of halogens is 7. The molecular formula is C73H92F7N13O11S3. The zero-order valence-electron chi connectivity index (χ0n) is 62.4. The molecule has 5 aromatic rings. The number of aromatic nitrogens is 5. The molecule has 107 heavy (non-hydrogen) atoms. The lowest BCUT2D eigenvalue weighted by Gasteiger charge is -2.48. The van der Waals surface area contributed by atoms with Gasteiger partial charge in [-0.3, -0.25) is 44.1 Å². The summed E-state index contributed by atoms with van der Waals surface area (Å²) in [5.74, 6) is -4.00. The number of pyridine rings is 5. The van der Waals surface area contributed by atoms with Crippen LogP contribution in [0.1, 0.15) is 205 Å². The number of nitrogens with two attached hydrogens (primary N) is 2. The van der Waals surface area contributed by atoms with Gasteiger partial charge in [-0.15, -0.1) is 0 Å². The molecule has 11 rings (SSSR count). The first-order chi connectivity index (χ1) is 49.5. The monoisotopic (exact) mass is 1560 g/mol. The van der Waals surface area contributed by atoms with Crippen molar-refractivity contribution in [3.63, 3.8) is 0 Å². The highest BCUT2D eigenvalue weighted by molar-refractivity contribution is 7.97. The van der Waals surface area contributed by atoms with E-state index in [9.17, 15) is 53.8 Å². The third-order valence-corrected chi connectivity index (χ3v) is 31.0. The van der Waals surface area contributed by atoms with Gasteiger partial charge in [0.25, 0.3) is 0 Å². The van der Waals surface area contributed by atoms with Gasteiger partial charge in [0.2, 0.25) is 0 Å². The highest BCUT2D eigenvalue weighted by Crippen LogP contribution is 2.51. The molecule has 4 N–H and O–H groups in total. The van der Waals surface area contributed by atoms with Crippen molar-refractivity contribution in [2.45, 2.75) is 239 Å². The fraction of sp³-hybridized carbons (Fsp3) is 0.562. The van der Waals surface area contributed by atoms with Crippen molar-refractivity contribution in [3.05, 3.63) is 130 Å². The van der Waals surface area contributed by atoms with Gasteiger partial charge in [0.1, 0.15) is 102 Å². The smallest absolute Gasteiger partial charge is 0.387 e. The number of alkyl halides is 4. The van der Waals surface area contributed by atoms with Crippen LogP contribution < -0.4 is 20.9 Å². The number of anilines is 1. The van der Waals surface area contributed by atoms with Crippen molar-refractivity contribution in [1.82, 2.24) is 24.9 Å². The van der Waals surface area contributed by atoms with Crippen LogP contribution in [0.2, 0.25) is 0 Å². The average Bonchev–Trinajstić information content (AvgIpc) is 0.714. The third-order valence-electron chi connectivity index (χ3n) is 19.8. The van der Waals surface area contributed by atoms with Gasteiger partial charge in [0.15, 0.2) is 11.6 Å². The SMILES string of the molecule is CC(C)(C)OC(=O)CC1=N[C@](C)(c2nc(CC(=O)c3ccc(OC(F)F)cn3)ccc2F)[C@H]2CCCN=[S@]2(=O)C1(C)C.CC(C)(C)OC(=O)CC1=N[C@](C)(c2nc(N)ccc2F)[C@H]2CCCN=[S@]2(=O)C1(C)C.CC1(C)C(N)=N[C@](C)(c2nc(CC(=O)c3ccc(OC(F)F)cn3)ccc2F)[C@H]2CCCN=[S@@]21=O. The number of ether oxygens (including phenoxy) is 4. The summed E-state index contributed by atoms with van der Waals surface area (Å²) in [4.78, 5) is 86.4. The summed E-state index contributed by atoms with van der Waals surface area (Å²) in [6, 6.07) is 12.6. The molecule has 0 saturated carbocycles. The van der Waals surface area contributed by atoms with E-state index in [0.717, 1.165) is 18.8 Å². The number of rotatable bonds is 17. The second kappa shape index (κ2) is 30.6. The molecule has 0 spiro atoms. The number of carbonyl (C=O) groups excluding carboxylic acids is 4. The van der Waals surface area contributed by atoms with Gasteiger partial charge in [0, 0.05) is 42.4 Å². The van der Waals surface area contributed by atoms with Crippen LogP contribution in [0.3, 0.4) is 0 Å². The van der Waals surface area contributed by atoms with Crippen molar-refractivity contribution in [2.24, 2.45) is 33.8 Å². The highest BCUT2D eigenvalue weighted by Gasteiger charge is 2.60. The molecule has 0 unspecified atom stereocenters. The van der Waals surface area contributed by atoms with Crippen LogP contribution in [0.25, 0.3) is 0 Å². The van der Waals surface area contributed by atoms with Gasteiger partial charge in [0.05, 0.1) is 92.5 Å². The molecule has 6 aliphatic rings. The molecule has 0 amide bonds. The van der Waals surface area contributed by atoms with Crippen LogP contribution in [-0.4, -0.2) is 152 Å². The Hall–Kier alpha value is -8.40. The minimum Gasteiger partial charge on any atom is -0.460 e. The van der Waals surface area contributed by atoms with E-state index in [0.29, 0.717) is 57.5 Å². The van der Waals surface area contributed by atoms with E-state index in [1.54, 1.807) is 104 Å². The molecular weight excluding hydrogens is 1460 g/mol. The molecule has 11 heterocycles. The topological polar surface area (TPSA) is 347 Å². The van der Waals surface area contributed by atoms with Crippen molar-refractivity contribution >= 4 is 75.8 Å². The lowest BCUT2D eigenvalue weighted by molar-refractivity contribution is -0.154. The van der Waals surface area contributed by atoms with Crippen LogP contribution in [0.5, 0.6) is 11.5 Å². The fourth-order valence-electron chi connectivity index (χ4n) is 14.2. The number of nitrogen functional groups attached to an aromatic ring is 1. The molecule has 0 radical (unpaired) electrons. The number of ketones is 2. The molecule has 5 aromatic heterocycles. The third kappa shape index (κ3) is 16.8. The van der Waals surface area contributed by atoms with Gasteiger partial charge in [-0.05, 0) is 203 Å². The van der Waals surface area contributed by atoms with Crippen LogP contribution in [0.4, 0.5) is 36.6 Å². The van der Waals surface area contributed by atoms with Gasteiger partial charge < -0.3 is 30.4 Å². The number of carbonyl (C=O) groups is 4. The van der Waals surface area contributed by atoms with Gasteiger partial charge >= 0.3 is 25.2 Å². The van der Waals surface area contributed by atoms with Gasteiger partial charge in [-0.1, -0.05) is 0 Å². The van der Waals surface area contributed by atoms with E-state index in [1.165, 1.54) is 60.7 Å². The maximum atomic E-state index is 15.6. The summed E-state index contributed by atoms with van der Waals surface area (Å²) in [5.41, 5.74) is 7.63. The molecule has 0 bridgehead atoms. The largest absolute Gasteiger partial charge is 0.460 e. The van der Waals surface area contributed by atoms with Crippen LogP contribution in [0.15, 0.2) is 101 Å². The Labute approximate surface area is 619 Å². The Morgan fingerprint density at radius 3 is 1.15 bits per heavy atom. The van der Waals surface area contributed by atoms with E-state index in [1.807, 2.05) is 0 Å². The van der Waals surface area contributed by atoms with E-state index >= 15 is 8.78 Å². The zero-order chi connectivity index (χ0) is 79.2. The minimum atomic E-state index is -3.08. The number of fused-ring (bicyclic) bond motifs is 3. The predicted octanol–water partition coefficient (Wildman–Crippen LogP) is 12.7. The Balaban J connectivity index is 0.000000188. The number of aliphatic imine (C=N–C) groups is 3. The molecule has 0 saturated heterocycles. The van der Waals surface area contributed by atoms with E-state index in [2.05, 4.69) is 52.5 Å². The molecule has 34 heteroatoms. The lowest BCUT2D eigenvalue weighted by Crippen LogP contribution is -2.60. The number of Topliss-reactive ketones (excluding diaryl/α,β-unsaturated/α-hetero) is 2. The first-order valence-corrected chi connectivity index (χ1v) is 39.5. The molecule has 0 aliphatic carbocycles. The van der Waals surface area contributed by atoms with E-state index < -0.39 is 141 Å². The summed E-state index contributed by atoms with van der Waals surface area (Å²) >= 11 is 0. The van der Waals surface area contributed by atoms with Gasteiger partial charge in [-0.25, -0.2) is 53.8 Å². The molecule has 0 fully saturated rings. The molecule has 6 aliphatic heterocycles. The summed E-state index contributed by atoms with van der Waals surface area (Å²) in [6.45, 7) is 21.3. The average molecular weight is 1560 g/mol. The Kier molecular flexibility index (Phi) is 23.6. The Morgan fingerprint density at radius 1 is 0.477 bits per heavy atom. The number of hydrogen-bond acceptors (Lipinski definition) is 24. The number of hydrogen-bond donors (Lipinski definition) is 2. The molecule has 24 nitrogen and oxygen atoms in total. The standard InChI is InChI=1S/C29H35F3N4O5S.C23H26F3N5O3S.C21H31FN4O3S/c1-27(2,3)41-24(38)15-22-28(4,5)42(39)23(8-7-13-34-42)29(6,36-22)25-19(30)11-9-17(35-25)14-21(37)20-12-10-18(16-33-20)40-26(31)32;1-22(2)20(27)31-23(3,18-5-4-10-29-35(18,22)33)19-15(24)8-6-13(30-19)11-17(32)16-9-7-14(12-28-16)34-21(25)26;1-19(2,3)29-17(27)12-14-20(4,5)30(28)15(8-7-11-24-30)21(6,26-14)18-13(22)9-10-16(23)25-18/h9-12,16,23,26H,7-8,13-15H2,1-6H3;6-9,12,18,21H,4-5,10-11H2,1-3H3,(H2,27,31);9-10,15H,7-8,11-12H2,1-6H3,(H2,23,25)/t23-,29+,42-;18-,23+,35-;15-,21+,30-/m111/s1.